The number of aliphatic hydroxyl groups excluding tert-OH is 1. The number of methoxy groups -OCH3 is 1. The van der Waals surface area contributed by atoms with Crippen LogP contribution in [-0.4, -0.2) is 34.9 Å². The van der Waals surface area contributed by atoms with E-state index in [-0.39, 0.29) is 11.3 Å². The Hall–Kier alpha value is -4.01. The molecule has 1 N–H and O–H groups in total. The van der Waals surface area contributed by atoms with Gasteiger partial charge in [-0.3, -0.25) is 14.5 Å². The van der Waals surface area contributed by atoms with Gasteiger partial charge < -0.3 is 9.84 Å². The van der Waals surface area contributed by atoms with Gasteiger partial charge in [0.1, 0.15) is 5.76 Å². The van der Waals surface area contributed by atoms with Gasteiger partial charge in [-0.05, 0) is 73.0 Å². The minimum Gasteiger partial charge on any atom is -0.507 e. The summed E-state index contributed by atoms with van der Waals surface area (Å²) in [6, 6.07) is 15.7. The molecule has 37 heavy (non-hydrogen) atoms. The minimum atomic E-state index is -0.968. The summed E-state index contributed by atoms with van der Waals surface area (Å²) in [7, 11) is 1.29. The number of carbonyl (C=O) groups is 3. The van der Waals surface area contributed by atoms with Gasteiger partial charge in [-0.1, -0.05) is 41.1 Å². The van der Waals surface area contributed by atoms with E-state index in [0.717, 1.165) is 21.3 Å². The van der Waals surface area contributed by atoms with Crippen molar-refractivity contribution in [2.75, 3.05) is 12.0 Å². The van der Waals surface area contributed by atoms with E-state index in [2.05, 4.69) is 0 Å². The molecule has 2 heterocycles. The molecule has 7 nitrogen and oxygen atoms in total. The number of carbonyl (C=O) groups excluding carboxylic acids is 3. The van der Waals surface area contributed by atoms with E-state index >= 15 is 0 Å². The number of benzene rings is 3. The van der Waals surface area contributed by atoms with Crippen LogP contribution in [0.4, 0.5) is 5.13 Å². The fourth-order valence-corrected chi connectivity index (χ4v) is 5.78. The summed E-state index contributed by atoms with van der Waals surface area (Å²) in [5.74, 6) is -2.47. The third-order valence-corrected chi connectivity index (χ3v) is 7.49. The Kier molecular flexibility index (Phi) is 6.31. The fraction of sp³-hybridized carbons (Fsp3) is 0.143. The van der Waals surface area contributed by atoms with Crippen LogP contribution in [0.1, 0.15) is 38.7 Å². The van der Waals surface area contributed by atoms with Gasteiger partial charge in [-0.2, -0.15) is 0 Å². The average molecular weight is 533 g/mol. The summed E-state index contributed by atoms with van der Waals surface area (Å²) in [6.07, 6.45) is 0. The summed E-state index contributed by atoms with van der Waals surface area (Å²) >= 11 is 7.30. The molecule has 0 radical (unpaired) electrons. The van der Waals surface area contributed by atoms with Gasteiger partial charge in [-0.15, -0.1) is 0 Å². The van der Waals surface area contributed by atoms with Crippen molar-refractivity contribution in [3.8, 4) is 0 Å². The molecule has 1 amide bonds. The third kappa shape index (κ3) is 4.28. The van der Waals surface area contributed by atoms with Crippen molar-refractivity contribution in [3.63, 3.8) is 0 Å². The molecule has 186 valence electrons. The second-order valence-corrected chi connectivity index (χ2v) is 10.2. The van der Waals surface area contributed by atoms with Crippen molar-refractivity contribution in [2.45, 2.75) is 19.9 Å². The number of amides is 1. The highest BCUT2D eigenvalue weighted by molar-refractivity contribution is 7.22. The highest BCUT2D eigenvalue weighted by atomic mass is 35.5. The Morgan fingerprint density at radius 3 is 2.32 bits per heavy atom. The number of esters is 1. The van der Waals surface area contributed by atoms with E-state index in [0.29, 0.717) is 26.8 Å². The third-order valence-electron chi connectivity index (χ3n) is 6.23. The first-order valence-corrected chi connectivity index (χ1v) is 12.5. The number of rotatable bonds is 4. The lowest BCUT2D eigenvalue weighted by atomic mass is 9.95. The number of fused-ring (bicyclic) bond motifs is 1. The van der Waals surface area contributed by atoms with Gasteiger partial charge in [0, 0.05) is 10.6 Å². The first-order chi connectivity index (χ1) is 17.7. The number of halogens is 1. The first-order valence-electron chi connectivity index (χ1n) is 11.3. The summed E-state index contributed by atoms with van der Waals surface area (Å²) in [4.78, 5) is 44.8. The minimum absolute atomic E-state index is 0.0784. The number of ketones is 1. The Labute approximate surface area is 221 Å². The molecule has 0 unspecified atom stereocenters. The van der Waals surface area contributed by atoms with Crippen LogP contribution >= 0.6 is 22.9 Å². The van der Waals surface area contributed by atoms with Crippen LogP contribution < -0.4 is 4.90 Å². The summed E-state index contributed by atoms with van der Waals surface area (Å²) in [5, 5.41) is 12.0. The number of aliphatic hydroxyl groups is 1. The highest BCUT2D eigenvalue weighted by Gasteiger charge is 2.48. The van der Waals surface area contributed by atoms with Crippen molar-refractivity contribution in [2.24, 2.45) is 0 Å². The Bertz CT molecular complexity index is 1610. The van der Waals surface area contributed by atoms with Gasteiger partial charge in [-0.25, -0.2) is 9.78 Å². The Morgan fingerprint density at radius 2 is 1.68 bits per heavy atom. The highest BCUT2D eigenvalue weighted by Crippen LogP contribution is 2.44. The number of nitrogens with zero attached hydrogens (tertiary/aromatic N) is 2. The molecule has 1 aromatic heterocycles. The van der Waals surface area contributed by atoms with E-state index in [1.807, 2.05) is 26.0 Å². The molecular weight excluding hydrogens is 512 g/mol. The standard InChI is InChI=1S/C28H21ClN2O5S/c1-14-12-15(2)22-20(13-14)37-28(30-22)31-23(16-4-6-18(7-5-16)27(35)36-3)21(25(33)26(31)34)24(32)17-8-10-19(29)11-9-17/h4-13,23,32H,1-3H3/b24-21+/t23-/m1/s1. The largest absolute Gasteiger partial charge is 0.507 e. The quantitative estimate of drug-likeness (QED) is 0.150. The SMILES string of the molecule is COC(=O)c1ccc([C@@H]2/C(=C(\O)c3ccc(Cl)cc3)C(=O)C(=O)N2c2nc3c(C)cc(C)cc3s2)cc1. The van der Waals surface area contributed by atoms with Crippen LogP contribution in [-0.2, 0) is 14.3 Å². The van der Waals surface area contributed by atoms with E-state index in [9.17, 15) is 19.5 Å². The van der Waals surface area contributed by atoms with E-state index in [1.54, 1.807) is 48.5 Å². The number of anilines is 1. The number of hydrogen-bond donors (Lipinski definition) is 1. The predicted molar refractivity (Wildman–Crippen MR) is 143 cm³/mol. The van der Waals surface area contributed by atoms with Crippen LogP contribution in [0, 0.1) is 13.8 Å². The molecule has 0 spiro atoms. The van der Waals surface area contributed by atoms with E-state index < -0.39 is 23.7 Å². The lowest BCUT2D eigenvalue weighted by Crippen LogP contribution is -2.29. The van der Waals surface area contributed by atoms with Crippen LogP contribution in [0.25, 0.3) is 16.0 Å². The smallest absolute Gasteiger partial charge is 0.337 e. The van der Waals surface area contributed by atoms with Gasteiger partial charge in [0.2, 0.25) is 0 Å². The Balaban J connectivity index is 1.72. The fourth-order valence-electron chi connectivity index (χ4n) is 4.49. The number of ether oxygens (including phenoxy) is 1. The lowest BCUT2D eigenvalue weighted by molar-refractivity contribution is -0.132. The maximum absolute atomic E-state index is 13.4. The number of aromatic nitrogens is 1. The van der Waals surface area contributed by atoms with Gasteiger partial charge in [0.05, 0.1) is 34.5 Å². The van der Waals surface area contributed by atoms with Crippen LogP contribution in [0.5, 0.6) is 0 Å². The van der Waals surface area contributed by atoms with E-state index in [4.69, 9.17) is 21.3 Å². The monoisotopic (exact) mass is 532 g/mol. The van der Waals surface area contributed by atoms with Crippen molar-refractivity contribution in [3.05, 3.63) is 99.1 Å². The van der Waals surface area contributed by atoms with Gasteiger partial charge >= 0.3 is 11.9 Å². The zero-order valence-electron chi connectivity index (χ0n) is 20.1. The molecule has 1 fully saturated rings. The predicted octanol–water partition coefficient (Wildman–Crippen LogP) is 5.98. The van der Waals surface area contributed by atoms with Gasteiger partial charge in [0.25, 0.3) is 5.78 Å². The zero-order chi connectivity index (χ0) is 26.4. The van der Waals surface area contributed by atoms with Crippen LogP contribution in [0.15, 0.2) is 66.2 Å². The molecule has 0 saturated carbocycles. The van der Waals surface area contributed by atoms with E-state index in [1.165, 1.54) is 23.3 Å². The maximum Gasteiger partial charge on any atom is 0.337 e. The van der Waals surface area contributed by atoms with Crippen molar-refractivity contribution < 1.29 is 24.2 Å². The topological polar surface area (TPSA) is 96.8 Å². The second kappa shape index (κ2) is 9.46. The number of Topliss-reactive ketones (excluding diaryl/α,β-unsaturated/α-hetero) is 1. The molecule has 1 aliphatic rings. The van der Waals surface area contributed by atoms with Gasteiger partial charge in [0.15, 0.2) is 5.13 Å². The second-order valence-electron chi connectivity index (χ2n) is 8.71. The van der Waals surface area contributed by atoms with Crippen LogP contribution in [0.2, 0.25) is 5.02 Å². The maximum atomic E-state index is 13.4. The molecule has 1 aliphatic heterocycles. The molecule has 1 atom stereocenters. The molecule has 1 saturated heterocycles. The molecule has 0 aliphatic carbocycles. The molecule has 5 rings (SSSR count). The number of aryl methyl sites for hydroxylation is 2. The molecule has 3 aromatic carbocycles. The number of thiazole rings is 1. The average Bonchev–Trinajstić information content (AvgIpc) is 3.42. The number of hydrogen-bond acceptors (Lipinski definition) is 7. The summed E-state index contributed by atoms with van der Waals surface area (Å²) < 4.78 is 5.66. The van der Waals surface area contributed by atoms with Crippen molar-refractivity contribution in [1.82, 2.24) is 4.98 Å². The van der Waals surface area contributed by atoms with Crippen molar-refractivity contribution >= 4 is 61.7 Å². The Morgan fingerprint density at radius 1 is 1.03 bits per heavy atom. The van der Waals surface area contributed by atoms with Crippen molar-refractivity contribution in [1.29, 1.82) is 0 Å². The molecule has 4 aromatic rings. The zero-order valence-corrected chi connectivity index (χ0v) is 21.7. The summed E-state index contributed by atoms with van der Waals surface area (Å²) in [5.41, 5.74) is 3.85. The first kappa shape index (κ1) is 24.7. The van der Waals surface area contributed by atoms with Crippen LogP contribution in [0.3, 0.4) is 0 Å². The molecule has 9 heteroatoms. The summed E-state index contributed by atoms with van der Waals surface area (Å²) in [6.45, 7) is 3.92. The normalized spacial score (nSPS) is 17.0. The lowest BCUT2D eigenvalue weighted by Gasteiger charge is -2.23. The molecule has 0 bridgehead atoms. The molecular formula is C28H21ClN2O5S.